The third-order valence-electron chi connectivity index (χ3n) is 6.11. The van der Waals surface area contributed by atoms with E-state index in [1.807, 2.05) is 12.3 Å². The van der Waals surface area contributed by atoms with Crippen LogP contribution in [0.1, 0.15) is 38.5 Å². The molecule has 27 heavy (non-hydrogen) atoms. The summed E-state index contributed by atoms with van der Waals surface area (Å²) in [5.41, 5.74) is 0.835. The van der Waals surface area contributed by atoms with Gasteiger partial charge < -0.3 is 9.88 Å². The van der Waals surface area contributed by atoms with Crippen molar-refractivity contribution in [3.05, 3.63) is 18.6 Å². The first-order valence-electron chi connectivity index (χ1n) is 9.65. The highest BCUT2D eigenvalue weighted by atomic mass is 32.2. The molecule has 2 aromatic heterocycles. The molecule has 0 bridgehead atoms. The van der Waals surface area contributed by atoms with Crippen molar-refractivity contribution in [1.29, 1.82) is 0 Å². The molecule has 1 atom stereocenters. The summed E-state index contributed by atoms with van der Waals surface area (Å²) >= 11 is 0. The van der Waals surface area contributed by atoms with Gasteiger partial charge in [-0.3, -0.25) is 4.21 Å². The Hall–Kier alpha value is -1.57. The zero-order valence-electron chi connectivity index (χ0n) is 15.5. The van der Waals surface area contributed by atoms with Crippen LogP contribution >= 0.6 is 0 Å². The van der Waals surface area contributed by atoms with Crippen LogP contribution in [0.2, 0.25) is 0 Å². The van der Waals surface area contributed by atoms with E-state index in [4.69, 9.17) is 0 Å². The van der Waals surface area contributed by atoms with Gasteiger partial charge in [0.25, 0.3) is 0 Å². The molecule has 0 aliphatic heterocycles. The lowest BCUT2D eigenvalue weighted by atomic mass is 9.81. The van der Waals surface area contributed by atoms with Crippen molar-refractivity contribution in [3.63, 3.8) is 0 Å². The van der Waals surface area contributed by atoms with Gasteiger partial charge in [-0.15, -0.1) is 0 Å². The Labute approximate surface area is 160 Å². The second-order valence-electron chi connectivity index (χ2n) is 8.11. The average molecular weight is 397 g/mol. The molecule has 4 rings (SSSR count). The third kappa shape index (κ3) is 4.15. The van der Waals surface area contributed by atoms with Gasteiger partial charge in [-0.1, -0.05) is 0 Å². The molecule has 2 aliphatic rings. The summed E-state index contributed by atoms with van der Waals surface area (Å²) in [6.45, 7) is 0. The topological polar surface area (TPSA) is 61.9 Å². The van der Waals surface area contributed by atoms with Crippen molar-refractivity contribution < 1.29 is 13.0 Å². The Morgan fingerprint density at radius 1 is 1.22 bits per heavy atom. The predicted octanol–water partition coefficient (Wildman–Crippen LogP) is 3.75. The van der Waals surface area contributed by atoms with Crippen LogP contribution in [-0.4, -0.2) is 49.7 Å². The van der Waals surface area contributed by atoms with E-state index in [0.717, 1.165) is 29.7 Å². The van der Waals surface area contributed by atoms with E-state index in [0.29, 0.717) is 36.3 Å². The minimum atomic E-state index is -2.50. The molecule has 2 heterocycles. The van der Waals surface area contributed by atoms with Gasteiger partial charge in [0.2, 0.25) is 5.92 Å². The monoisotopic (exact) mass is 396 g/mol. The summed E-state index contributed by atoms with van der Waals surface area (Å²) in [6.07, 6.45) is 6.37. The van der Waals surface area contributed by atoms with Gasteiger partial charge >= 0.3 is 0 Å². The molecule has 2 fully saturated rings. The summed E-state index contributed by atoms with van der Waals surface area (Å²) < 4.78 is 38.9. The van der Waals surface area contributed by atoms with Crippen LogP contribution in [0, 0.1) is 11.8 Å². The van der Waals surface area contributed by atoms with Gasteiger partial charge in [-0.2, -0.15) is 0 Å². The van der Waals surface area contributed by atoms with Gasteiger partial charge in [-0.05, 0) is 43.6 Å². The molecule has 5 nitrogen and oxygen atoms in total. The van der Waals surface area contributed by atoms with Gasteiger partial charge in [-0.25, -0.2) is 18.7 Å². The molecule has 1 N–H and O–H groups in total. The van der Waals surface area contributed by atoms with Crippen LogP contribution in [0.15, 0.2) is 18.6 Å². The minimum Gasteiger partial charge on any atom is -0.356 e. The summed E-state index contributed by atoms with van der Waals surface area (Å²) in [4.78, 5) is 14.0. The SMILES string of the molecule is CN(c1ncnc2[nH]ccc12)C1CC(CS(=O)CC2CCC(F)(F)CC2)C1. The Balaban J connectivity index is 1.25. The number of H-pyrrole nitrogens is 1. The fourth-order valence-corrected chi connectivity index (χ4v) is 6.12. The first kappa shape index (κ1) is 18.8. The Morgan fingerprint density at radius 3 is 2.67 bits per heavy atom. The molecular formula is C19H26F2N4OS. The van der Waals surface area contributed by atoms with Gasteiger partial charge in [0.1, 0.15) is 17.8 Å². The highest BCUT2D eigenvalue weighted by molar-refractivity contribution is 7.85. The molecule has 0 spiro atoms. The van der Waals surface area contributed by atoms with Crippen LogP contribution < -0.4 is 4.90 Å². The average Bonchev–Trinajstić information content (AvgIpc) is 3.08. The molecule has 148 valence electrons. The first-order valence-corrected chi connectivity index (χ1v) is 11.1. The number of aromatic nitrogens is 3. The van der Waals surface area contributed by atoms with Crippen molar-refractivity contribution in [2.75, 3.05) is 23.5 Å². The van der Waals surface area contributed by atoms with Crippen molar-refractivity contribution in [3.8, 4) is 0 Å². The molecule has 0 amide bonds. The number of hydrogen-bond acceptors (Lipinski definition) is 4. The Bertz CT molecular complexity index is 811. The lowest BCUT2D eigenvalue weighted by molar-refractivity contribution is -0.0434. The zero-order valence-corrected chi connectivity index (χ0v) is 16.4. The molecule has 2 aliphatic carbocycles. The number of aromatic amines is 1. The maximum atomic E-state index is 13.2. The number of nitrogens with one attached hydrogen (secondary N) is 1. The van der Waals surface area contributed by atoms with E-state index in [1.165, 1.54) is 0 Å². The van der Waals surface area contributed by atoms with Gasteiger partial charge in [0, 0.05) is 54.4 Å². The fourth-order valence-electron chi connectivity index (χ4n) is 4.33. The van der Waals surface area contributed by atoms with Crippen molar-refractivity contribution in [1.82, 2.24) is 15.0 Å². The molecular weight excluding hydrogens is 370 g/mol. The summed E-state index contributed by atoms with van der Waals surface area (Å²) in [5.74, 6) is 0.354. The minimum absolute atomic E-state index is 0.0439. The molecule has 1 unspecified atom stereocenters. The summed E-state index contributed by atoms with van der Waals surface area (Å²) in [5, 5.41) is 1.01. The number of hydrogen-bond donors (Lipinski definition) is 1. The van der Waals surface area contributed by atoms with Gasteiger partial charge in [0.15, 0.2) is 0 Å². The van der Waals surface area contributed by atoms with Crippen LogP contribution in [0.4, 0.5) is 14.6 Å². The molecule has 0 saturated heterocycles. The highest BCUT2D eigenvalue weighted by Crippen LogP contribution is 2.38. The lowest BCUT2D eigenvalue weighted by Gasteiger charge is -2.42. The quantitative estimate of drug-likeness (QED) is 0.808. The van der Waals surface area contributed by atoms with Crippen molar-refractivity contribution >= 4 is 27.7 Å². The maximum absolute atomic E-state index is 13.2. The summed E-state index contributed by atoms with van der Waals surface area (Å²) in [7, 11) is 1.15. The molecule has 0 radical (unpaired) electrons. The number of rotatable bonds is 6. The van der Waals surface area contributed by atoms with E-state index in [-0.39, 0.29) is 18.8 Å². The smallest absolute Gasteiger partial charge is 0.248 e. The fraction of sp³-hybridized carbons (Fsp3) is 0.684. The number of halogens is 2. The largest absolute Gasteiger partial charge is 0.356 e. The van der Waals surface area contributed by atoms with Crippen LogP contribution in [-0.2, 0) is 10.8 Å². The van der Waals surface area contributed by atoms with E-state index in [2.05, 4.69) is 26.9 Å². The van der Waals surface area contributed by atoms with Crippen molar-refractivity contribution in [2.45, 2.75) is 50.5 Å². The number of fused-ring (bicyclic) bond motifs is 1. The first-order chi connectivity index (χ1) is 12.9. The lowest BCUT2D eigenvalue weighted by Crippen LogP contribution is -2.45. The van der Waals surface area contributed by atoms with Crippen LogP contribution in [0.3, 0.4) is 0 Å². The zero-order chi connectivity index (χ0) is 19.0. The highest BCUT2D eigenvalue weighted by Gasteiger charge is 2.37. The normalized spacial score (nSPS) is 26.6. The number of anilines is 1. The number of alkyl halides is 2. The second-order valence-corrected chi connectivity index (χ2v) is 9.66. The van der Waals surface area contributed by atoms with Crippen LogP contribution in [0.5, 0.6) is 0 Å². The predicted molar refractivity (Wildman–Crippen MR) is 104 cm³/mol. The standard InChI is InChI=1S/C19H26F2N4OS/c1-25(18-16-4-7-22-17(16)23-12-24-18)15-8-14(9-15)11-27(26)10-13-2-5-19(20,21)6-3-13/h4,7,12-15H,2-3,5-6,8-11H2,1H3,(H,22,23,24). The van der Waals surface area contributed by atoms with E-state index < -0.39 is 16.7 Å². The van der Waals surface area contributed by atoms with E-state index in [1.54, 1.807) is 6.33 Å². The molecule has 2 saturated carbocycles. The van der Waals surface area contributed by atoms with E-state index >= 15 is 0 Å². The molecule has 2 aromatic rings. The maximum Gasteiger partial charge on any atom is 0.248 e. The second kappa shape index (κ2) is 7.45. The Kier molecular flexibility index (Phi) is 5.18. The van der Waals surface area contributed by atoms with Crippen molar-refractivity contribution in [2.24, 2.45) is 11.8 Å². The number of nitrogens with zero attached hydrogens (tertiary/aromatic N) is 3. The molecule has 8 heteroatoms. The Morgan fingerprint density at radius 2 is 1.93 bits per heavy atom. The van der Waals surface area contributed by atoms with Crippen LogP contribution in [0.25, 0.3) is 11.0 Å². The van der Waals surface area contributed by atoms with E-state index in [9.17, 15) is 13.0 Å². The van der Waals surface area contributed by atoms with Gasteiger partial charge in [0.05, 0.1) is 5.39 Å². The third-order valence-corrected chi connectivity index (χ3v) is 7.79. The summed E-state index contributed by atoms with van der Waals surface area (Å²) in [6, 6.07) is 2.38. The molecule has 0 aromatic carbocycles.